The summed E-state index contributed by atoms with van der Waals surface area (Å²) >= 11 is 9.71. The Morgan fingerprint density at radius 1 is 0.952 bits per heavy atom. The SMILES string of the molecule is Cc1cccnc1-c1nc(Cl)c(Br)c(-c2ccccc2)n1. The zero-order valence-electron chi connectivity index (χ0n) is 11.2. The van der Waals surface area contributed by atoms with Crippen LogP contribution in [0.1, 0.15) is 5.56 Å². The van der Waals surface area contributed by atoms with Crippen LogP contribution in [0.2, 0.25) is 5.15 Å². The molecule has 0 atom stereocenters. The summed E-state index contributed by atoms with van der Waals surface area (Å²) in [6, 6.07) is 13.7. The summed E-state index contributed by atoms with van der Waals surface area (Å²) in [4.78, 5) is 13.3. The predicted octanol–water partition coefficient (Wildman–Crippen LogP) is 4.93. The molecule has 3 nitrogen and oxygen atoms in total. The number of benzene rings is 1. The van der Waals surface area contributed by atoms with Crippen LogP contribution in [0.4, 0.5) is 0 Å². The molecule has 3 aromatic rings. The van der Waals surface area contributed by atoms with Crippen LogP contribution in [0.25, 0.3) is 22.8 Å². The molecular weight excluding hydrogens is 350 g/mol. The van der Waals surface area contributed by atoms with Crippen LogP contribution in [0.5, 0.6) is 0 Å². The summed E-state index contributed by atoms with van der Waals surface area (Å²) in [5.74, 6) is 0.528. The molecule has 104 valence electrons. The average Bonchev–Trinajstić information content (AvgIpc) is 2.51. The van der Waals surface area contributed by atoms with Crippen LogP contribution >= 0.6 is 27.5 Å². The Morgan fingerprint density at radius 2 is 1.71 bits per heavy atom. The summed E-state index contributed by atoms with van der Waals surface area (Å²) in [6.07, 6.45) is 1.73. The van der Waals surface area contributed by atoms with Crippen molar-refractivity contribution < 1.29 is 0 Å². The van der Waals surface area contributed by atoms with Gasteiger partial charge in [0.2, 0.25) is 0 Å². The first-order chi connectivity index (χ1) is 10.2. The van der Waals surface area contributed by atoms with Crippen molar-refractivity contribution in [1.29, 1.82) is 0 Å². The molecule has 5 heteroatoms. The minimum atomic E-state index is 0.379. The minimum absolute atomic E-state index is 0.379. The predicted molar refractivity (Wildman–Crippen MR) is 88.1 cm³/mol. The number of rotatable bonds is 2. The fraction of sp³-hybridized carbons (Fsp3) is 0.0625. The van der Waals surface area contributed by atoms with E-state index < -0.39 is 0 Å². The first-order valence-corrected chi connectivity index (χ1v) is 7.54. The van der Waals surface area contributed by atoms with Gasteiger partial charge in [-0.3, -0.25) is 4.98 Å². The monoisotopic (exact) mass is 359 g/mol. The van der Waals surface area contributed by atoms with E-state index >= 15 is 0 Å². The number of nitrogens with zero attached hydrogens (tertiary/aromatic N) is 3. The second-order valence-electron chi connectivity index (χ2n) is 4.54. The van der Waals surface area contributed by atoms with Crippen molar-refractivity contribution in [2.75, 3.05) is 0 Å². The van der Waals surface area contributed by atoms with E-state index in [0.29, 0.717) is 15.5 Å². The maximum atomic E-state index is 6.25. The highest BCUT2D eigenvalue weighted by Gasteiger charge is 2.15. The summed E-state index contributed by atoms with van der Waals surface area (Å²) < 4.78 is 0.688. The van der Waals surface area contributed by atoms with Gasteiger partial charge in [0.1, 0.15) is 10.8 Å². The average molecular weight is 361 g/mol. The molecule has 0 spiro atoms. The smallest absolute Gasteiger partial charge is 0.180 e. The Kier molecular flexibility index (Phi) is 3.99. The Bertz CT molecular complexity index is 791. The highest BCUT2D eigenvalue weighted by Crippen LogP contribution is 2.33. The Balaban J connectivity index is 2.22. The number of halogens is 2. The first kappa shape index (κ1) is 14.2. The molecule has 0 N–H and O–H groups in total. The number of hydrogen-bond acceptors (Lipinski definition) is 3. The normalized spacial score (nSPS) is 10.6. The van der Waals surface area contributed by atoms with Crippen molar-refractivity contribution in [2.45, 2.75) is 6.92 Å². The topological polar surface area (TPSA) is 38.7 Å². The zero-order chi connectivity index (χ0) is 14.8. The Hall–Kier alpha value is -1.78. The van der Waals surface area contributed by atoms with E-state index in [9.17, 15) is 0 Å². The van der Waals surface area contributed by atoms with Crippen molar-refractivity contribution in [1.82, 2.24) is 15.0 Å². The molecule has 0 radical (unpaired) electrons. The van der Waals surface area contributed by atoms with Crippen molar-refractivity contribution >= 4 is 27.5 Å². The molecule has 0 aliphatic rings. The second kappa shape index (κ2) is 5.92. The van der Waals surface area contributed by atoms with Crippen molar-refractivity contribution in [3.05, 3.63) is 63.9 Å². The van der Waals surface area contributed by atoms with Crippen LogP contribution in [-0.2, 0) is 0 Å². The van der Waals surface area contributed by atoms with E-state index in [0.717, 1.165) is 22.5 Å². The number of aryl methyl sites for hydroxylation is 1. The van der Waals surface area contributed by atoms with Crippen LogP contribution in [0.15, 0.2) is 53.1 Å². The molecule has 21 heavy (non-hydrogen) atoms. The van der Waals surface area contributed by atoms with Gasteiger partial charge in [0.25, 0.3) is 0 Å². The summed E-state index contributed by atoms with van der Waals surface area (Å²) in [6.45, 7) is 1.98. The number of pyridine rings is 1. The van der Waals surface area contributed by atoms with E-state index in [2.05, 4.69) is 30.9 Å². The molecule has 0 aliphatic carbocycles. The van der Waals surface area contributed by atoms with Crippen LogP contribution < -0.4 is 0 Å². The van der Waals surface area contributed by atoms with Gasteiger partial charge in [0.05, 0.1) is 10.2 Å². The van der Waals surface area contributed by atoms with Crippen LogP contribution in [-0.4, -0.2) is 15.0 Å². The summed E-state index contributed by atoms with van der Waals surface area (Å²) in [5.41, 5.74) is 3.48. The van der Waals surface area contributed by atoms with E-state index in [4.69, 9.17) is 11.6 Å². The lowest BCUT2D eigenvalue weighted by Crippen LogP contribution is -1.98. The van der Waals surface area contributed by atoms with Gasteiger partial charge in [-0.15, -0.1) is 0 Å². The standard InChI is InChI=1S/C16H11BrClN3/c1-10-6-5-9-19-13(10)16-20-14(12(17)15(18)21-16)11-7-3-2-4-8-11/h2-9H,1H3. The molecule has 0 bridgehead atoms. The number of aromatic nitrogens is 3. The van der Waals surface area contributed by atoms with Gasteiger partial charge in [0.15, 0.2) is 5.82 Å². The Morgan fingerprint density at radius 3 is 2.43 bits per heavy atom. The van der Waals surface area contributed by atoms with Gasteiger partial charge < -0.3 is 0 Å². The molecule has 0 fully saturated rings. The van der Waals surface area contributed by atoms with E-state index in [-0.39, 0.29) is 0 Å². The van der Waals surface area contributed by atoms with Gasteiger partial charge in [-0.1, -0.05) is 48.0 Å². The molecular formula is C16H11BrClN3. The third-order valence-electron chi connectivity index (χ3n) is 3.08. The number of hydrogen-bond donors (Lipinski definition) is 0. The maximum absolute atomic E-state index is 6.25. The molecule has 0 amide bonds. The van der Waals surface area contributed by atoms with Gasteiger partial charge in [-0.25, -0.2) is 9.97 Å². The lowest BCUT2D eigenvalue weighted by molar-refractivity contribution is 1.12. The summed E-state index contributed by atoms with van der Waals surface area (Å²) in [7, 11) is 0. The fourth-order valence-electron chi connectivity index (χ4n) is 2.03. The van der Waals surface area contributed by atoms with Crippen molar-refractivity contribution in [3.8, 4) is 22.8 Å². The first-order valence-electron chi connectivity index (χ1n) is 6.37. The molecule has 2 aromatic heterocycles. The minimum Gasteiger partial charge on any atom is -0.253 e. The molecule has 3 rings (SSSR count). The fourth-order valence-corrected chi connectivity index (χ4v) is 2.61. The zero-order valence-corrected chi connectivity index (χ0v) is 13.6. The van der Waals surface area contributed by atoms with Gasteiger partial charge >= 0.3 is 0 Å². The molecule has 1 aromatic carbocycles. The highest BCUT2D eigenvalue weighted by molar-refractivity contribution is 9.10. The lowest BCUT2D eigenvalue weighted by Gasteiger charge is -2.09. The molecule has 2 heterocycles. The molecule has 0 aliphatic heterocycles. The van der Waals surface area contributed by atoms with E-state index in [1.807, 2.05) is 49.4 Å². The molecule has 0 saturated carbocycles. The Labute approximate surface area is 136 Å². The maximum Gasteiger partial charge on any atom is 0.180 e. The summed E-state index contributed by atoms with van der Waals surface area (Å²) in [5, 5.41) is 0.379. The molecule has 0 saturated heterocycles. The lowest BCUT2D eigenvalue weighted by atomic mass is 10.1. The van der Waals surface area contributed by atoms with Gasteiger partial charge in [0, 0.05) is 11.8 Å². The third kappa shape index (κ3) is 2.82. The third-order valence-corrected chi connectivity index (χ3v) is 4.33. The van der Waals surface area contributed by atoms with Crippen molar-refractivity contribution in [2.24, 2.45) is 0 Å². The van der Waals surface area contributed by atoms with E-state index in [1.165, 1.54) is 0 Å². The largest absolute Gasteiger partial charge is 0.253 e. The van der Waals surface area contributed by atoms with Crippen LogP contribution in [0, 0.1) is 6.92 Å². The highest BCUT2D eigenvalue weighted by atomic mass is 79.9. The second-order valence-corrected chi connectivity index (χ2v) is 5.69. The van der Waals surface area contributed by atoms with Crippen LogP contribution in [0.3, 0.4) is 0 Å². The molecule has 0 unspecified atom stereocenters. The van der Waals surface area contributed by atoms with Gasteiger partial charge in [-0.2, -0.15) is 0 Å². The quantitative estimate of drug-likeness (QED) is 0.608. The van der Waals surface area contributed by atoms with Gasteiger partial charge in [-0.05, 0) is 34.5 Å². The van der Waals surface area contributed by atoms with E-state index in [1.54, 1.807) is 6.20 Å². The van der Waals surface area contributed by atoms with Crippen molar-refractivity contribution in [3.63, 3.8) is 0 Å².